The Kier molecular flexibility index (Phi) is 10.5. The number of hydrogen-bond acceptors (Lipinski definition) is 6. The van der Waals surface area contributed by atoms with Crippen LogP contribution in [0.25, 0.3) is 0 Å². The molecule has 36 heavy (non-hydrogen) atoms. The molecule has 0 aromatic heterocycles. The zero-order valence-corrected chi connectivity index (χ0v) is 24.6. The molecule has 0 heterocycles. The molecule has 2 rings (SSSR count). The number of rotatable bonds is 11. The zero-order valence-electron chi connectivity index (χ0n) is 24.6. The molecule has 6 heteroatoms. The lowest BCUT2D eigenvalue weighted by Crippen LogP contribution is -2.55. The fourth-order valence-electron chi connectivity index (χ4n) is 7.02. The van der Waals surface area contributed by atoms with Crippen molar-refractivity contribution in [3.05, 3.63) is 0 Å². The fourth-order valence-corrected chi connectivity index (χ4v) is 7.02. The molecule has 6 nitrogen and oxygen atoms in total. The van der Waals surface area contributed by atoms with E-state index in [1.54, 1.807) is 0 Å². The summed E-state index contributed by atoms with van der Waals surface area (Å²) in [7, 11) is 0. The minimum atomic E-state index is -0.0835. The third-order valence-corrected chi connectivity index (χ3v) is 8.99. The fraction of sp³-hybridized carbons (Fsp3) is 0.933. The van der Waals surface area contributed by atoms with Crippen molar-refractivity contribution in [2.24, 2.45) is 33.1 Å². The molecule has 0 aromatic rings. The number of ether oxygens (including phenoxy) is 2. The van der Waals surface area contributed by atoms with Crippen molar-refractivity contribution in [3.63, 3.8) is 0 Å². The van der Waals surface area contributed by atoms with Gasteiger partial charge in [0.1, 0.15) is 12.2 Å². The highest BCUT2D eigenvalue weighted by Gasteiger charge is 2.47. The van der Waals surface area contributed by atoms with Crippen molar-refractivity contribution >= 4 is 11.9 Å². The highest BCUT2D eigenvalue weighted by molar-refractivity contribution is 5.69. The van der Waals surface area contributed by atoms with Crippen LogP contribution in [0.4, 0.5) is 0 Å². The molecule has 0 saturated heterocycles. The van der Waals surface area contributed by atoms with Crippen molar-refractivity contribution < 1.29 is 19.1 Å². The van der Waals surface area contributed by atoms with Crippen LogP contribution in [0.3, 0.4) is 0 Å². The number of nitrogens with two attached hydrogens (primary N) is 2. The van der Waals surface area contributed by atoms with Gasteiger partial charge in [-0.1, -0.05) is 81.1 Å². The van der Waals surface area contributed by atoms with E-state index in [0.717, 1.165) is 64.2 Å². The molecule has 2 fully saturated rings. The second kappa shape index (κ2) is 12.1. The Bertz CT molecular complexity index is 645. The van der Waals surface area contributed by atoms with E-state index in [1.807, 2.05) is 0 Å². The Labute approximate surface area is 221 Å². The van der Waals surface area contributed by atoms with Gasteiger partial charge in [0.25, 0.3) is 0 Å². The molecule has 0 amide bonds. The Morgan fingerprint density at radius 3 is 1.08 bits per heavy atom. The smallest absolute Gasteiger partial charge is 0.306 e. The standard InChI is InChI=1S/C30H56N2O4/c1-27(2)17-21(18-28(3,4)25(27)31)35-23(33)15-13-11-9-10-12-14-16-24(34)36-22-19-29(5,6)26(32)30(7,8)20-22/h21-22,25-26H,9-20,31-32H2,1-8H3. The van der Waals surface area contributed by atoms with Crippen LogP contribution in [0.1, 0.15) is 132 Å². The first-order valence-electron chi connectivity index (χ1n) is 14.4. The molecular formula is C30H56N2O4. The molecule has 2 aliphatic rings. The minimum absolute atomic E-state index is 0.0315. The summed E-state index contributed by atoms with van der Waals surface area (Å²) in [6.07, 6.45) is 10.1. The number of hydrogen-bond donors (Lipinski definition) is 2. The summed E-state index contributed by atoms with van der Waals surface area (Å²) in [6, 6.07) is 0.208. The number of esters is 2. The first-order chi connectivity index (χ1) is 16.5. The maximum atomic E-state index is 12.4. The van der Waals surface area contributed by atoms with Crippen molar-refractivity contribution in [3.8, 4) is 0 Å². The Morgan fingerprint density at radius 2 is 0.806 bits per heavy atom. The molecule has 0 atom stereocenters. The Hall–Kier alpha value is -1.14. The topological polar surface area (TPSA) is 105 Å². The Balaban J connectivity index is 1.54. The first-order valence-corrected chi connectivity index (χ1v) is 14.4. The summed E-state index contributed by atoms with van der Waals surface area (Å²) in [5, 5.41) is 0. The van der Waals surface area contributed by atoms with E-state index in [-0.39, 0.29) is 57.9 Å². The zero-order chi connectivity index (χ0) is 27.4. The summed E-state index contributed by atoms with van der Waals surface area (Å²) in [6.45, 7) is 17.4. The lowest BCUT2D eigenvalue weighted by atomic mass is 9.60. The molecule has 0 unspecified atom stereocenters. The summed E-state index contributed by atoms with van der Waals surface area (Å²) in [5.41, 5.74) is 12.8. The second-order valence-corrected chi connectivity index (χ2v) is 14.6. The van der Waals surface area contributed by atoms with Gasteiger partial charge in [-0.15, -0.1) is 0 Å². The first kappa shape index (κ1) is 31.1. The van der Waals surface area contributed by atoms with E-state index in [1.165, 1.54) is 0 Å². The third-order valence-electron chi connectivity index (χ3n) is 8.99. The molecule has 0 aromatic carbocycles. The largest absolute Gasteiger partial charge is 0.462 e. The summed E-state index contributed by atoms with van der Waals surface area (Å²) in [4.78, 5) is 24.8. The number of carbonyl (C=O) groups is 2. The van der Waals surface area contributed by atoms with E-state index in [0.29, 0.717) is 12.8 Å². The molecule has 2 saturated carbocycles. The van der Waals surface area contributed by atoms with Crippen LogP contribution >= 0.6 is 0 Å². The molecule has 0 aliphatic heterocycles. The van der Waals surface area contributed by atoms with Gasteiger partial charge in [-0.2, -0.15) is 0 Å². The van der Waals surface area contributed by atoms with Crippen molar-refractivity contribution in [1.29, 1.82) is 0 Å². The average molecular weight is 509 g/mol. The lowest BCUT2D eigenvalue weighted by molar-refractivity contribution is -0.157. The second-order valence-electron chi connectivity index (χ2n) is 14.6. The average Bonchev–Trinajstić information content (AvgIpc) is 2.71. The maximum absolute atomic E-state index is 12.4. The van der Waals surface area contributed by atoms with Crippen LogP contribution in [0, 0.1) is 21.7 Å². The van der Waals surface area contributed by atoms with Gasteiger partial charge in [0, 0.05) is 24.9 Å². The molecule has 0 radical (unpaired) electrons. The predicted molar refractivity (Wildman–Crippen MR) is 146 cm³/mol. The molecule has 4 N–H and O–H groups in total. The summed E-state index contributed by atoms with van der Waals surface area (Å²) < 4.78 is 11.6. The van der Waals surface area contributed by atoms with Gasteiger partial charge in [-0.25, -0.2) is 0 Å². The molecule has 210 valence electrons. The van der Waals surface area contributed by atoms with E-state index in [2.05, 4.69) is 55.4 Å². The summed E-state index contributed by atoms with van der Waals surface area (Å²) in [5.74, 6) is -0.167. The highest BCUT2D eigenvalue weighted by atomic mass is 16.5. The van der Waals surface area contributed by atoms with Gasteiger partial charge >= 0.3 is 11.9 Å². The van der Waals surface area contributed by atoms with E-state index >= 15 is 0 Å². The number of unbranched alkanes of at least 4 members (excludes halogenated alkanes) is 5. The van der Waals surface area contributed by atoms with E-state index < -0.39 is 0 Å². The summed E-state index contributed by atoms with van der Waals surface area (Å²) >= 11 is 0. The predicted octanol–water partition coefficient (Wildman–Crippen LogP) is 6.28. The van der Waals surface area contributed by atoms with Crippen LogP contribution in [-0.4, -0.2) is 36.2 Å². The number of carbonyl (C=O) groups excluding carboxylic acids is 2. The molecular weight excluding hydrogens is 452 g/mol. The molecule has 0 bridgehead atoms. The van der Waals surface area contributed by atoms with Crippen molar-refractivity contribution in [2.75, 3.05) is 0 Å². The highest BCUT2D eigenvalue weighted by Crippen LogP contribution is 2.47. The van der Waals surface area contributed by atoms with Crippen LogP contribution < -0.4 is 11.5 Å². The SMILES string of the molecule is CC1(C)CC(OC(=O)CCCCCCCCC(=O)OC2CC(C)(C)C(N)C(C)(C)C2)CC(C)(C)C1N. The van der Waals surface area contributed by atoms with Gasteiger partial charge in [-0.3, -0.25) is 9.59 Å². The van der Waals surface area contributed by atoms with E-state index in [9.17, 15) is 9.59 Å². The van der Waals surface area contributed by atoms with Gasteiger partial charge in [0.05, 0.1) is 0 Å². The van der Waals surface area contributed by atoms with Gasteiger partial charge in [0.15, 0.2) is 0 Å². The van der Waals surface area contributed by atoms with Crippen LogP contribution in [0.5, 0.6) is 0 Å². The van der Waals surface area contributed by atoms with Gasteiger partial charge in [-0.05, 0) is 60.2 Å². The molecule has 0 spiro atoms. The van der Waals surface area contributed by atoms with E-state index in [4.69, 9.17) is 20.9 Å². The maximum Gasteiger partial charge on any atom is 0.306 e. The van der Waals surface area contributed by atoms with Gasteiger partial charge in [0.2, 0.25) is 0 Å². The quantitative estimate of drug-likeness (QED) is 0.251. The van der Waals surface area contributed by atoms with Crippen LogP contribution in [-0.2, 0) is 19.1 Å². The van der Waals surface area contributed by atoms with Crippen LogP contribution in [0.2, 0.25) is 0 Å². The third kappa shape index (κ3) is 8.72. The van der Waals surface area contributed by atoms with Crippen molar-refractivity contribution in [1.82, 2.24) is 0 Å². The van der Waals surface area contributed by atoms with Gasteiger partial charge < -0.3 is 20.9 Å². The monoisotopic (exact) mass is 508 g/mol. The van der Waals surface area contributed by atoms with Crippen molar-refractivity contribution in [2.45, 2.75) is 157 Å². The molecule has 2 aliphatic carbocycles. The Morgan fingerprint density at radius 1 is 0.556 bits per heavy atom. The lowest BCUT2D eigenvalue weighted by Gasteiger charge is -2.49. The minimum Gasteiger partial charge on any atom is -0.462 e. The van der Waals surface area contributed by atoms with Crippen LogP contribution in [0.15, 0.2) is 0 Å². The normalized spacial score (nSPS) is 30.4.